The quantitative estimate of drug-likeness (QED) is 0.688. The Balaban J connectivity index is 1.79. The number of halogens is 1. The molecule has 2 unspecified atom stereocenters. The average Bonchev–Trinajstić information content (AvgIpc) is 2.21. The number of hydrogen-bond acceptors (Lipinski definition) is 1. The Morgan fingerprint density at radius 1 is 1.13 bits per heavy atom. The molecule has 2 aliphatic rings. The molecular weight excluding hydrogens is 252 g/mol. The molecule has 0 N–H and O–H groups in total. The number of alkyl halides is 1. The first-order valence-corrected chi connectivity index (χ1v) is 7.21. The van der Waals surface area contributed by atoms with Gasteiger partial charge in [-0.1, -0.05) is 36.7 Å². The molecule has 15 heavy (non-hydrogen) atoms. The highest BCUT2D eigenvalue weighted by atomic mass is 79.9. The van der Waals surface area contributed by atoms with Crippen molar-refractivity contribution in [2.45, 2.75) is 69.9 Å². The molecular formula is C13H23BrO. The van der Waals surface area contributed by atoms with Crippen LogP contribution in [0.25, 0.3) is 0 Å². The standard InChI is InChI=1S/C13H23BrO/c1-9-4-6-10(7-5-9)15-12-8-11(14)13(12,2)3/h9-12H,4-8H2,1-3H3. The van der Waals surface area contributed by atoms with E-state index < -0.39 is 0 Å². The summed E-state index contributed by atoms with van der Waals surface area (Å²) < 4.78 is 6.23. The Labute approximate surface area is 102 Å². The third kappa shape index (κ3) is 2.41. The van der Waals surface area contributed by atoms with Crippen LogP contribution in [0.3, 0.4) is 0 Å². The van der Waals surface area contributed by atoms with Crippen LogP contribution in [-0.4, -0.2) is 17.0 Å². The largest absolute Gasteiger partial charge is 0.374 e. The molecule has 2 atom stereocenters. The highest BCUT2D eigenvalue weighted by Gasteiger charge is 2.48. The lowest BCUT2D eigenvalue weighted by atomic mass is 9.69. The molecule has 0 aliphatic heterocycles. The van der Waals surface area contributed by atoms with Crippen LogP contribution in [0.1, 0.15) is 52.9 Å². The lowest BCUT2D eigenvalue weighted by Gasteiger charge is -2.50. The highest BCUT2D eigenvalue weighted by molar-refractivity contribution is 9.09. The minimum Gasteiger partial charge on any atom is -0.374 e. The van der Waals surface area contributed by atoms with E-state index >= 15 is 0 Å². The molecule has 0 spiro atoms. The van der Waals surface area contributed by atoms with Gasteiger partial charge in [0.25, 0.3) is 0 Å². The SMILES string of the molecule is CC1CCC(OC2CC(Br)C2(C)C)CC1. The van der Waals surface area contributed by atoms with Gasteiger partial charge in [-0.25, -0.2) is 0 Å². The van der Waals surface area contributed by atoms with E-state index in [4.69, 9.17) is 4.74 Å². The maximum atomic E-state index is 6.23. The Bertz CT molecular complexity index is 219. The van der Waals surface area contributed by atoms with Gasteiger partial charge >= 0.3 is 0 Å². The zero-order valence-corrected chi connectivity index (χ0v) is 11.7. The first-order chi connectivity index (χ1) is 7.00. The first kappa shape index (κ1) is 11.9. The highest BCUT2D eigenvalue weighted by Crippen LogP contribution is 2.48. The molecule has 88 valence electrons. The summed E-state index contributed by atoms with van der Waals surface area (Å²) >= 11 is 3.72. The van der Waals surface area contributed by atoms with E-state index in [0.29, 0.717) is 22.5 Å². The van der Waals surface area contributed by atoms with Crippen LogP contribution in [-0.2, 0) is 4.74 Å². The predicted molar refractivity (Wildman–Crippen MR) is 67.4 cm³/mol. The number of hydrogen-bond donors (Lipinski definition) is 0. The summed E-state index contributed by atoms with van der Waals surface area (Å²) in [6.45, 7) is 6.98. The molecule has 0 radical (unpaired) electrons. The molecule has 0 aromatic rings. The zero-order valence-electron chi connectivity index (χ0n) is 10.1. The maximum absolute atomic E-state index is 6.23. The van der Waals surface area contributed by atoms with E-state index in [1.807, 2.05) is 0 Å². The van der Waals surface area contributed by atoms with Gasteiger partial charge in [-0.3, -0.25) is 0 Å². The van der Waals surface area contributed by atoms with Gasteiger partial charge in [0, 0.05) is 10.2 Å². The van der Waals surface area contributed by atoms with Crippen LogP contribution in [0.15, 0.2) is 0 Å². The fourth-order valence-electron chi connectivity index (χ4n) is 2.67. The summed E-state index contributed by atoms with van der Waals surface area (Å²) in [7, 11) is 0. The van der Waals surface area contributed by atoms with E-state index in [2.05, 4.69) is 36.7 Å². The second-order valence-corrected chi connectivity index (χ2v) is 7.14. The van der Waals surface area contributed by atoms with Crippen molar-refractivity contribution >= 4 is 15.9 Å². The van der Waals surface area contributed by atoms with Crippen LogP contribution >= 0.6 is 15.9 Å². The molecule has 2 rings (SSSR count). The minimum absolute atomic E-state index is 0.336. The van der Waals surface area contributed by atoms with Gasteiger partial charge in [0.2, 0.25) is 0 Å². The monoisotopic (exact) mass is 274 g/mol. The Morgan fingerprint density at radius 2 is 1.73 bits per heavy atom. The first-order valence-electron chi connectivity index (χ1n) is 6.29. The molecule has 0 amide bonds. The van der Waals surface area contributed by atoms with Crippen LogP contribution in [0.5, 0.6) is 0 Å². The molecule has 0 saturated heterocycles. The molecule has 2 aliphatic carbocycles. The number of rotatable bonds is 2. The second kappa shape index (κ2) is 4.37. The van der Waals surface area contributed by atoms with Crippen LogP contribution in [0, 0.1) is 11.3 Å². The lowest BCUT2D eigenvalue weighted by Crippen LogP contribution is -2.53. The Kier molecular flexibility index (Phi) is 3.47. The molecule has 0 bridgehead atoms. The predicted octanol–water partition coefficient (Wildman–Crippen LogP) is 4.14. The van der Waals surface area contributed by atoms with Gasteiger partial charge in [0.1, 0.15) is 0 Å². The van der Waals surface area contributed by atoms with Crippen molar-refractivity contribution in [1.82, 2.24) is 0 Å². The smallest absolute Gasteiger partial charge is 0.0651 e. The van der Waals surface area contributed by atoms with E-state index in [0.717, 1.165) is 5.92 Å². The number of ether oxygens (including phenoxy) is 1. The topological polar surface area (TPSA) is 9.23 Å². The molecule has 1 nitrogen and oxygen atoms in total. The Morgan fingerprint density at radius 3 is 2.20 bits per heavy atom. The molecule has 0 heterocycles. The van der Waals surface area contributed by atoms with Crippen molar-refractivity contribution in [3.05, 3.63) is 0 Å². The minimum atomic E-state index is 0.336. The molecule has 0 aromatic carbocycles. The molecule has 2 saturated carbocycles. The second-order valence-electron chi connectivity index (χ2n) is 6.03. The van der Waals surface area contributed by atoms with Gasteiger partial charge < -0.3 is 4.74 Å². The van der Waals surface area contributed by atoms with E-state index in [1.54, 1.807) is 0 Å². The summed E-state index contributed by atoms with van der Waals surface area (Å²) in [5.74, 6) is 0.920. The van der Waals surface area contributed by atoms with Crippen molar-refractivity contribution < 1.29 is 4.74 Å². The van der Waals surface area contributed by atoms with Gasteiger partial charge in [0.05, 0.1) is 12.2 Å². The van der Waals surface area contributed by atoms with E-state index in [9.17, 15) is 0 Å². The van der Waals surface area contributed by atoms with Crippen molar-refractivity contribution in [3.8, 4) is 0 Å². The van der Waals surface area contributed by atoms with Crippen molar-refractivity contribution in [3.63, 3.8) is 0 Å². The average molecular weight is 275 g/mol. The third-order valence-electron chi connectivity index (χ3n) is 4.38. The van der Waals surface area contributed by atoms with Crippen LogP contribution in [0.4, 0.5) is 0 Å². The maximum Gasteiger partial charge on any atom is 0.0651 e. The fraction of sp³-hybridized carbons (Fsp3) is 1.00. The summed E-state index contributed by atoms with van der Waals surface area (Å²) in [5, 5.41) is 0. The van der Waals surface area contributed by atoms with Crippen LogP contribution in [0.2, 0.25) is 0 Å². The van der Waals surface area contributed by atoms with Gasteiger partial charge in [0.15, 0.2) is 0 Å². The summed E-state index contributed by atoms with van der Waals surface area (Å²) in [6, 6.07) is 0. The van der Waals surface area contributed by atoms with E-state index in [-0.39, 0.29) is 0 Å². The Hall–Kier alpha value is 0.440. The van der Waals surface area contributed by atoms with Crippen molar-refractivity contribution in [2.75, 3.05) is 0 Å². The summed E-state index contributed by atoms with van der Waals surface area (Å²) in [5.41, 5.74) is 0.336. The summed E-state index contributed by atoms with van der Waals surface area (Å²) in [6.07, 6.45) is 7.50. The van der Waals surface area contributed by atoms with Crippen LogP contribution < -0.4 is 0 Å². The molecule has 0 aromatic heterocycles. The fourth-order valence-corrected chi connectivity index (χ4v) is 3.30. The van der Waals surface area contributed by atoms with Gasteiger partial charge in [-0.15, -0.1) is 0 Å². The van der Waals surface area contributed by atoms with Gasteiger partial charge in [-0.2, -0.15) is 0 Å². The van der Waals surface area contributed by atoms with Gasteiger partial charge in [-0.05, 0) is 38.0 Å². The van der Waals surface area contributed by atoms with E-state index in [1.165, 1.54) is 32.1 Å². The zero-order chi connectivity index (χ0) is 11.1. The molecule has 2 fully saturated rings. The third-order valence-corrected chi connectivity index (χ3v) is 5.93. The molecule has 2 heteroatoms. The normalized spacial score (nSPS) is 44.8. The lowest BCUT2D eigenvalue weighted by molar-refractivity contribution is -0.131. The van der Waals surface area contributed by atoms with Crippen molar-refractivity contribution in [2.24, 2.45) is 11.3 Å². The summed E-state index contributed by atoms with van der Waals surface area (Å²) in [4.78, 5) is 0.650. The van der Waals surface area contributed by atoms with Crippen molar-refractivity contribution in [1.29, 1.82) is 0 Å².